The van der Waals surface area contributed by atoms with Crippen LogP contribution in [0.15, 0.2) is 59.9 Å². The standard InChI is InChI=1S/C25H29NO5/c1-25(2,3)23(28)20-21(17-7-6-8-19(15-17)31-5)26(24(29)22(20)27)14-13-16-9-11-18(30-4)12-10-16/h6-12,15,21,27H,13-14H2,1-5H3. The van der Waals surface area contributed by atoms with Crippen molar-refractivity contribution in [3.05, 3.63) is 71.0 Å². The molecule has 31 heavy (non-hydrogen) atoms. The van der Waals surface area contributed by atoms with Crippen LogP contribution in [0.4, 0.5) is 0 Å². The summed E-state index contributed by atoms with van der Waals surface area (Å²) in [6, 6.07) is 14.2. The summed E-state index contributed by atoms with van der Waals surface area (Å²) in [5.74, 6) is 0.121. The Bertz CT molecular complexity index is 1000. The summed E-state index contributed by atoms with van der Waals surface area (Å²) in [6.07, 6.45) is 0.570. The molecule has 1 aliphatic heterocycles. The number of nitrogens with zero attached hydrogens (tertiary/aromatic N) is 1. The Hall–Kier alpha value is -3.28. The summed E-state index contributed by atoms with van der Waals surface area (Å²) in [6.45, 7) is 5.69. The Kier molecular flexibility index (Phi) is 6.39. The van der Waals surface area contributed by atoms with Crippen LogP contribution in [0.3, 0.4) is 0 Å². The zero-order valence-electron chi connectivity index (χ0n) is 18.6. The van der Waals surface area contributed by atoms with Gasteiger partial charge in [0, 0.05) is 12.0 Å². The zero-order valence-corrected chi connectivity index (χ0v) is 18.6. The molecule has 1 atom stereocenters. The monoisotopic (exact) mass is 423 g/mol. The van der Waals surface area contributed by atoms with Crippen molar-refractivity contribution in [1.29, 1.82) is 0 Å². The highest BCUT2D eigenvalue weighted by Crippen LogP contribution is 2.41. The Labute approximate surface area is 183 Å². The summed E-state index contributed by atoms with van der Waals surface area (Å²) in [4.78, 5) is 27.8. The Morgan fingerprint density at radius 3 is 2.26 bits per heavy atom. The Morgan fingerprint density at radius 1 is 1.03 bits per heavy atom. The molecule has 0 aliphatic carbocycles. The maximum atomic E-state index is 13.2. The molecule has 0 saturated heterocycles. The first-order valence-electron chi connectivity index (χ1n) is 10.2. The van der Waals surface area contributed by atoms with E-state index in [1.165, 1.54) is 0 Å². The summed E-state index contributed by atoms with van der Waals surface area (Å²) in [7, 11) is 3.17. The van der Waals surface area contributed by atoms with Crippen molar-refractivity contribution in [3.8, 4) is 11.5 Å². The number of Topliss-reactive ketones (excluding diaryl/α,β-unsaturated/α-hetero) is 1. The average molecular weight is 424 g/mol. The van der Waals surface area contributed by atoms with Gasteiger partial charge in [-0.05, 0) is 41.8 Å². The molecule has 0 fully saturated rings. The van der Waals surface area contributed by atoms with Gasteiger partial charge in [-0.2, -0.15) is 0 Å². The predicted octanol–water partition coefficient (Wildman–Crippen LogP) is 4.26. The lowest BCUT2D eigenvalue weighted by Crippen LogP contribution is -2.34. The van der Waals surface area contributed by atoms with Crippen molar-refractivity contribution < 1.29 is 24.2 Å². The molecular weight excluding hydrogens is 394 g/mol. The van der Waals surface area contributed by atoms with E-state index in [1.807, 2.05) is 36.4 Å². The number of benzene rings is 2. The van der Waals surface area contributed by atoms with Crippen LogP contribution in [0.2, 0.25) is 0 Å². The molecule has 6 nitrogen and oxygen atoms in total. The van der Waals surface area contributed by atoms with Crippen LogP contribution in [-0.4, -0.2) is 42.5 Å². The number of ketones is 1. The lowest BCUT2D eigenvalue weighted by atomic mass is 9.82. The van der Waals surface area contributed by atoms with E-state index in [9.17, 15) is 14.7 Å². The van der Waals surface area contributed by atoms with E-state index in [1.54, 1.807) is 52.0 Å². The molecule has 2 aromatic rings. The molecule has 0 radical (unpaired) electrons. The van der Waals surface area contributed by atoms with Crippen molar-refractivity contribution in [3.63, 3.8) is 0 Å². The van der Waals surface area contributed by atoms with Gasteiger partial charge in [0.25, 0.3) is 5.91 Å². The molecule has 0 spiro atoms. The molecule has 1 N–H and O–H groups in total. The van der Waals surface area contributed by atoms with Crippen molar-refractivity contribution in [2.24, 2.45) is 5.41 Å². The maximum Gasteiger partial charge on any atom is 0.290 e. The van der Waals surface area contributed by atoms with E-state index < -0.39 is 23.1 Å². The fourth-order valence-corrected chi connectivity index (χ4v) is 3.72. The van der Waals surface area contributed by atoms with Gasteiger partial charge in [-0.1, -0.05) is 45.0 Å². The van der Waals surface area contributed by atoms with E-state index in [0.717, 1.165) is 16.9 Å². The van der Waals surface area contributed by atoms with Crippen LogP contribution in [-0.2, 0) is 16.0 Å². The first kappa shape index (κ1) is 22.4. The number of amides is 1. The van der Waals surface area contributed by atoms with Crippen LogP contribution in [0.25, 0.3) is 0 Å². The largest absolute Gasteiger partial charge is 0.503 e. The number of rotatable bonds is 7. The van der Waals surface area contributed by atoms with E-state index in [2.05, 4.69) is 0 Å². The second-order valence-corrected chi connectivity index (χ2v) is 8.62. The van der Waals surface area contributed by atoms with Crippen LogP contribution in [0, 0.1) is 5.41 Å². The smallest absolute Gasteiger partial charge is 0.290 e. The molecule has 1 amide bonds. The van der Waals surface area contributed by atoms with Crippen molar-refractivity contribution in [1.82, 2.24) is 4.90 Å². The Morgan fingerprint density at radius 2 is 1.68 bits per heavy atom. The molecular formula is C25H29NO5. The number of carbonyl (C=O) groups is 2. The zero-order chi connectivity index (χ0) is 22.8. The molecule has 1 aliphatic rings. The third kappa shape index (κ3) is 4.58. The summed E-state index contributed by atoms with van der Waals surface area (Å²) in [5, 5.41) is 10.7. The molecule has 1 unspecified atom stereocenters. The highest BCUT2D eigenvalue weighted by Gasteiger charge is 2.45. The molecule has 0 saturated carbocycles. The average Bonchev–Trinajstić information content (AvgIpc) is 3.01. The number of hydrogen-bond donors (Lipinski definition) is 1. The quantitative estimate of drug-likeness (QED) is 0.720. The first-order valence-corrected chi connectivity index (χ1v) is 10.2. The second kappa shape index (κ2) is 8.84. The van der Waals surface area contributed by atoms with Gasteiger partial charge in [0.05, 0.1) is 25.8 Å². The van der Waals surface area contributed by atoms with Gasteiger partial charge in [0.1, 0.15) is 11.5 Å². The summed E-state index contributed by atoms with van der Waals surface area (Å²) < 4.78 is 10.5. The van der Waals surface area contributed by atoms with Gasteiger partial charge < -0.3 is 19.5 Å². The molecule has 164 valence electrons. The molecule has 0 bridgehead atoms. The lowest BCUT2D eigenvalue weighted by molar-refractivity contribution is -0.129. The minimum atomic E-state index is -0.743. The number of ether oxygens (including phenoxy) is 2. The van der Waals surface area contributed by atoms with E-state index in [4.69, 9.17) is 9.47 Å². The van der Waals surface area contributed by atoms with Crippen molar-refractivity contribution >= 4 is 11.7 Å². The lowest BCUT2D eigenvalue weighted by Gasteiger charge is -2.29. The molecule has 3 rings (SSSR count). The van der Waals surface area contributed by atoms with E-state index >= 15 is 0 Å². The third-order valence-corrected chi connectivity index (χ3v) is 5.44. The van der Waals surface area contributed by atoms with Gasteiger partial charge in [0.2, 0.25) is 0 Å². The normalized spacial score (nSPS) is 16.6. The molecule has 1 heterocycles. The van der Waals surface area contributed by atoms with Crippen LogP contribution in [0.5, 0.6) is 11.5 Å². The first-order chi connectivity index (χ1) is 14.7. The Balaban J connectivity index is 1.98. The minimum Gasteiger partial charge on any atom is -0.503 e. The highest BCUT2D eigenvalue weighted by molar-refractivity contribution is 6.10. The van der Waals surface area contributed by atoms with Crippen molar-refractivity contribution in [2.45, 2.75) is 33.2 Å². The number of aliphatic hydroxyl groups is 1. The summed E-state index contributed by atoms with van der Waals surface area (Å²) >= 11 is 0. The molecule has 0 aromatic heterocycles. The fourth-order valence-electron chi connectivity index (χ4n) is 3.72. The maximum absolute atomic E-state index is 13.2. The van der Waals surface area contributed by atoms with Gasteiger partial charge in [-0.25, -0.2) is 0 Å². The van der Waals surface area contributed by atoms with E-state index in [0.29, 0.717) is 18.7 Å². The predicted molar refractivity (Wildman–Crippen MR) is 118 cm³/mol. The minimum absolute atomic E-state index is 0.139. The number of methoxy groups -OCH3 is 2. The summed E-state index contributed by atoms with van der Waals surface area (Å²) in [5.41, 5.74) is 1.14. The second-order valence-electron chi connectivity index (χ2n) is 8.62. The van der Waals surface area contributed by atoms with Gasteiger partial charge >= 0.3 is 0 Å². The number of aliphatic hydroxyl groups excluding tert-OH is 1. The van der Waals surface area contributed by atoms with Gasteiger partial charge in [-0.15, -0.1) is 0 Å². The fraction of sp³-hybridized carbons (Fsp3) is 0.360. The van der Waals surface area contributed by atoms with Gasteiger partial charge in [0.15, 0.2) is 11.5 Å². The van der Waals surface area contributed by atoms with Crippen LogP contribution >= 0.6 is 0 Å². The SMILES string of the molecule is COc1ccc(CCN2C(=O)C(O)=C(C(=O)C(C)(C)C)C2c2cccc(OC)c2)cc1. The highest BCUT2D eigenvalue weighted by atomic mass is 16.5. The van der Waals surface area contributed by atoms with Crippen molar-refractivity contribution in [2.75, 3.05) is 20.8 Å². The van der Waals surface area contributed by atoms with Crippen LogP contribution < -0.4 is 9.47 Å². The van der Waals surface area contributed by atoms with Crippen LogP contribution in [0.1, 0.15) is 37.9 Å². The van der Waals surface area contributed by atoms with Gasteiger partial charge in [-0.3, -0.25) is 9.59 Å². The number of hydrogen-bond acceptors (Lipinski definition) is 5. The third-order valence-electron chi connectivity index (χ3n) is 5.44. The number of carbonyl (C=O) groups excluding carboxylic acids is 2. The topological polar surface area (TPSA) is 76.1 Å². The molecule has 2 aromatic carbocycles. The molecule has 6 heteroatoms. The van der Waals surface area contributed by atoms with E-state index in [-0.39, 0.29) is 11.4 Å².